The molecule has 0 spiro atoms. The lowest BCUT2D eigenvalue weighted by Crippen LogP contribution is -2.25. The Bertz CT molecular complexity index is 490. The van der Waals surface area contributed by atoms with Crippen LogP contribution in [0.3, 0.4) is 0 Å². The highest BCUT2D eigenvalue weighted by Crippen LogP contribution is 2.44. The van der Waals surface area contributed by atoms with Crippen LogP contribution in [-0.4, -0.2) is 6.29 Å². The maximum Gasteiger partial charge on any atom is 0.150 e. The van der Waals surface area contributed by atoms with Gasteiger partial charge in [-0.1, -0.05) is 50.8 Å². The summed E-state index contributed by atoms with van der Waals surface area (Å²) in [5.41, 5.74) is 2.22. The lowest BCUT2D eigenvalue weighted by Gasteiger charge is -2.38. The van der Waals surface area contributed by atoms with Crippen LogP contribution in [0.15, 0.2) is 24.3 Å². The topological polar surface area (TPSA) is 17.1 Å². The van der Waals surface area contributed by atoms with Crippen molar-refractivity contribution in [2.75, 3.05) is 0 Å². The average molecular weight is 312 g/mol. The number of aldehydes is 1. The van der Waals surface area contributed by atoms with Crippen LogP contribution in [0, 0.1) is 17.8 Å². The molecule has 0 atom stereocenters. The minimum atomic E-state index is 0.683. The molecule has 126 valence electrons. The smallest absolute Gasteiger partial charge is 0.150 e. The summed E-state index contributed by atoms with van der Waals surface area (Å²) in [6.07, 6.45) is 15.2. The fourth-order valence-corrected chi connectivity index (χ4v) is 5.17. The van der Waals surface area contributed by atoms with E-state index >= 15 is 0 Å². The zero-order valence-electron chi connectivity index (χ0n) is 14.7. The van der Waals surface area contributed by atoms with E-state index in [0.717, 1.165) is 29.6 Å². The Labute approximate surface area is 141 Å². The Morgan fingerprint density at radius 2 is 1.61 bits per heavy atom. The van der Waals surface area contributed by atoms with Gasteiger partial charge < -0.3 is 0 Å². The third kappa shape index (κ3) is 4.25. The van der Waals surface area contributed by atoms with Crippen molar-refractivity contribution in [3.05, 3.63) is 35.4 Å². The highest BCUT2D eigenvalue weighted by Gasteiger charge is 2.31. The van der Waals surface area contributed by atoms with Crippen molar-refractivity contribution in [3.8, 4) is 0 Å². The van der Waals surface area contributed by atoms with Crippen LogP contribution in [0.2, 0.25) is 0 Å². The quantitative estimate of drug-likeness (QED) is 0.576. The Morgan fingerprint density at radius 1 is 0.957 bits per heavy atom. The maximum atomic E-state index is 11.0. The van der Waals surface area contributed by atoms with E-state index in [9.17, 15) is 4.79 Å². The molecule has 0 unspecified atom stereocenters. The van der Waals surface area contributed by atoms with Crippen molar-refractivity contribution in [1.82, 2.24) is 0 Å². The lowest BCUT2D eigenvalue weighted by atomic mass is 9.68. The summed E-state index contributed by atoms with van der Waals surface area (Å²) in [7, 11) is 0. The molecule has 0 heterocycles. The predicted octanol–water partition coefficient (Wildman–Crippen LogP) is 6.38. The monoisotopic (exact) mass is 312 g/mol. The normalized spacial score (nSPS) is 31.7. The van der Waals surface area contributed by atoms with Crippen molar-refractivity contribution in [2.45, 2.75) is 77.0 Å². The van der Waals surface area contributed by atoms with E-state index in [4.69, 9.17) is 0 Å². The zero-order valence-corrected chi connectivity index (χ0v) is 14.7. The minimum Gasteiger partial charge on any atom is -0.298 e. The molecule has 0 aromatic heterocycles. The molecule has 1 aromatic carbocycles. The predicted molar refractivity (Wildman–Crippen MR) is 96.9 cm³/mol. The Hall–Kier alpha value is -1.11. The SMILES string of the molecule is CCCC1CCC(C2CCC(c3cccc(C=O)c3)CC2)CC1. The summed E-state index contributed by atoms with van der Waals surface area (Å²) in [5, 5.41) is 0. The number of benzene rings is 1. The van der Waals surface area contributed by atoms with Crippen molar-refractivity contribution in [3.63, 3.8) is 0 Å². The van der Waals surface area contributed by atoms with E-state index < -0.39 is 0 Å². The van der Waals surface area contributed by atoms with Crippen LogP contribution >= 0.6 is 0 Å². The highest BCUT2D eigenvalue weighted by atomic mass is 16.1. The Kier molecular flexibility index (Phi) is 5.91. The van der Waals surface area contributed by atoms with E-state index in [1.165, 1.54) is 69.8 Å². The van der Waals surface area contributed by atoms with Crippen LogP contribution in [0.5, 0.6) is 0 Å². The average Bonchev–Trinajstić information content (AvgIpc) is 2.63. The molecule has 2 aliphatic carbocycles. The summed E-state index contributed by atoms with van der Waals surface area (Å²) in [4.78, 5) is 11.0. The van der Waals surface area contributed by atoms with Gasteiger partial charge in [-0.3, -0.25) is 4.79 Å². The summed E-state index contributed by atoms with van der Waals surface area (Å²) in [5.74, 6) is 3.69. The fraction of sp³-hybridized carbons (Fsp3) is 0.682. The molecule has 2 aliphatic rings. The first kappa shape index (κ1) is 16.7. The van der Waals surface area contributed by atoms with E-state index in [0.29, 0.717) is 5.92 Å². The molecule has 2 fully saturated rings. The molecule has 1 aromatic rings. The van der Waals surface area contributed by atoms with Gasteiger partial charge in [0.2, 0.25) is 0 Å². The molecule has 0 bridgehead atoms. The first-order valence-corrected chi connectivity index (χ1v) is 9.85. The molecule has 1 nitrogen and oxygen atoms in total. The third-order valence-electron chi connectivity index (χ3n) is 6.55. The van der Waals surface area contributed by atoms with E-state index in [1.807, 2.05) is 12.1 Å². The van der Waals surface area contributed by atoms with Gasteiger partial charge in [0, 0.05) is 5.56 Å². The van der Waals surface area contributed by atoms with Gasteiger partial charge in [0.25, 0.3) is 0 Å². The summed E-state index contributed by atoms with van der Waals surface area (Å²) >= 11 is 0. The van der Waals surface area contributed by atoms with Crippen molar-refractivity contribution in [2.24, 2.45) is 17.8 Å². The van der Waals surface area contributed by atoms with Crippen LogP contribution in [0.25, 0.3) is 0 Å². The van der Waals surface area contributed by atoms with Crippen molar-refractivity contribution < 1.29 is 4.79 Å². The second-order valence-electron chi connectivity index (χ2n) is 7.97. The van der Waals surface area contributed by atoms with E-state index in [2.05, 4.69) is 19.1 Å². The summed E-state index contributed by atoms with van der Waals surface area (Å²) in [6, 6.07) is 8.28. The number of carbonyl (C=O) groups is 1. The molecule has 3 rings (SSSR count). The number of hydrogen-bond acceptors (Lipinski definition) is 1. The molecular weight excluding hydrogens is 280 g/mol. The molecule has 23 heavy (non-hydrogen) atoms. The maximum absolute atomic E-state index is 11.0. The van der Waals surface area contributed by atoms with Gasteiger partial charge in [-0.15, -0.1) is 0 Å². The Morgan fingerprint density at radius 3 is 2.22 bits per heavy atom. The van der Waals surface area contributed by atoms with E-state index in [1.54, 1.807) is 0 Å². The second kappa shape index (κ2) is 8.13. The molecule has 0 aliphatic heterocycles. The number of carbonyl (C=O) groups excluding carboxylic acids is 1. The van der Waals surface area contributed by atoms with Gasteiger partial charge in [0.05, 0.1) is 0 Å². The van der Waals surface area contributed by atoms with Crippen molar-refractivity contribution >= 4 is 6.29 Å². The van der Waals surface area contributed by atoms with Crippen LogP contribution < -0.4 is 0 Å². The first-order chi connectivity index (χ1) is 11.3. The molecule has 0 saturated heterocycles. The van der Waals surface area contributed by atoms with Gasteiger partial charge in [-0.2, -0.15) is 0 Å². The standard InChI is InChI=1S/C22H32O/c1-2-4-17-7-9-19(10-8-17)20-11-13-21(14-12-20)22-6-3-5-18(15-22)16-23/h3,5-6,15-17,19-21H,2,4,7-14H2,1H3. The summed E-state index contributed by atoms with van der Waals surface area (Å²) < 4.78 is 0. The van der Waals surface area contributed by atoms with Gasteiger partial charge in [-0.05, 0) is 73.8 Å². The largest absolute Gasteiger partial charge is 0.298 e. The van der Waals surface area contributed by atoms with Crippen LogP contribution in [0.4, 0.5) is 0 Å². The van der Waals surface area contributed by atoms with Gasteiger partial charge in [0.1, 0.15) is 6.29 Å². The molecule has 0 amide bonds. The molecule has 2 saturated carbocycles. The zero-order chi connectivity index (χ0) is 16.1. The molecular formula is C22H32O. The third-order valence-corrected chi connectivity index (χ3v) is 6.55. The van der Waals surface area contributed by atoms with E-state index in [-0.39, 0.29) is 0 Å². The number of hydrogen-bond donors (Lipinski definition) is 0. The second-order valence-corrected chi connectivity index (χ2v) is 7.97. The molecule has 1 heteroatoms. The minimum absolute atomic E-state index is 0.683. The molecule has 0 N–H and O–H groups in total. The highest BCUT2D eigenvalue weighted by molar-refractivity contribution is 5.75. The molecule has 0 radical (unpaired) electrons. The van der Waals surface area contributed by atoms with Gasteiger partial charge in [0.15, 0.2) is 0 Å². The van der Waals surface area contributed by atoms with Crippen molar-refractivity contribution in [1.29, 1.82) is 0 Å². The number of rotatable bonds is 5. The Balaban J connectivity index is 1.49. The fourth-order valence-electron chi connectivity index (χ4n) is 5.17. The van der Waals surface area contributed by atoms with Crippen LogP contribution in [-0.2, 0) is 0 Å². The van der Waals surface area contributed by atoms with Crippen LogP contribution in [0.1, 0.15) is 93.0 Å². The van der Waals surface area contributed by atoms with Gasteiger partial charge >= 0.3 is 0 Å². The first-order valence-electron chi connectivity index (χ1n) is 9.85. The lowest BCUT2D eigenvalue weighted by molar-refractivity contribution is 0.112. The summed E-state index contributed by atoms with van der Waals surface area (Å²) in [6.45, 7) is 2.33. The van der Waals surface area contributed by atoms with Gasteiger partial charge in [-0.25, -0.2) is 0 Å².